The lowest BCUT2D eigenvalue weighted by atomic mass is 10.0. The van der Waals surface area contributed by atoms with Crippen molar-refractivity contribution in [3.05, 3.63) is 35.9 Å². The number of amides is 1. The fraction of sp³-hybridized carbons (Fsp3) is 0.500. The highest BCUT2D eigenvalue weighted by Crippen LogP contribution is 2.30. The first kappa shape index (κ1) is 16.3. The summed E-state index contributed by atoms with van der Waals surface area (Å²) in [6.07, 6.45) is 0.484. The van der Waals surface area contributed by atoms with Gasteiger partial charge in [-0.25, -0.2) is 4.31 Å². The van der Waals surface area contributed by atoms with Gasteiger partial charge in [0.15, 0.2) is 0 Å². The van der Waals surface area contributed by atoms with E-state index >= 15 is 0 Å². The van der Waals surface area contributed by atoms with Crippen molar-refractivity contribution in [2.75, 3.05) is 6.00 Å². The Hall–Kier alpha value is -1.11. The molecule has 1 heterocycles. The highest BCUT2D eigenvalue weighted by atomic mass is 35.5. The van der Waals surface area contributed by atoms with Crippen LogP contribution < -0.4 is 0 Å². The monoisotopic (exact) mass is 330 g/mol. The third-order valence-electron chi connectivity index (χ3n) is 3.44. The molecule has 0 N–H and O–H groups in total. The first-order valence-electron chi connectivity index (χ1n) is 6.81. The molecule has 116 valence electrons. The van der Waals surface area contributed by atoms with Gasteiger partial charge in [-0.3, -0.25) is 4.79 Å². The van der Waals surface area contributed by atoms with Gasteiger partial charge in [-0.2, -0.15) is 12.7 Å². The van der Waals surface area contributed by atoms with E-state index in [4.69, 9.17) is 11.6 Å². The summed E-state index contributed by atoms with van der Waals surface area (Å²) in [5, 5.41) is 0. The third kappa shape index (κ3) is 3.22. The predicted octanol–water partition coefficient (Wildman–Crippen LogP) is 2.19. The van der Waals surface area contributed by atoms with Crippen molar-refractivity contribution in [2.24, 2.45) is 5.92 Å². The molecule has 1 aliphatic heterocycles. The molecule has 7 heteroatoms. The number of benzene rings is 1. The van der Waals surface area contributed by atoms with E-state index in [2.05, 4.69) is 0 Å². The molecule has 1 aromatic carbocycles. The average Bonchev–Trinajstić information content (AvgIpc) is 2.59. The zero-order valence-electron chi connectivity index (χ0n) is 12.1. The van der Waals surface area contributed by atoms with Crippen molar-refractivity contribution in [3.63, 3.8) is 0 Å². The summed E-state index contributed by atoms with van der Waals surface area (Å²) in [7, 11) is -3.83. The Morgan fingerprint density at radius 1 is 1.24 bits per heavy atom. The minimum atomic E-state index is -3.83. The number of carbonyl (C=O) groups excluding carboxylic acids is 1. The van der Waals surface area contributed by atoms with Crippen LogP contribution in [0.2, 0.25) is 0 Å². The molecule has 0 aromatic heterocycles. The van der Waals surface area contributed by atoms with Crippen molar-refractivity contribution in [3.8, 4) is 0 Å². The Kier molecular flexibility index (Phi) is 4.91. The van der Waals surface area contributed by atoms with Crippen LogP contribution in [0.3, 0.4) is 0 Å². The van der Waals surface area contributed by atoms with Gasteiger partial charge in [0, 0.05) is 6.54 Å². The van der Waals surface area contributed by atoms with Gasteiger partial charge in [-0.05, 0) is 17.9 Å². The van der Waals surface area contributed by atoms with E-state index in [0.717, 1.165) is 9.87 Å². The maximum atomic E-state index is 12.5. The number of hydrogen-bond donors (Lipinski definition) is 0. The number of halogens is 1. The van der Waals surface area contributed by atoms with E-state index in [1.807, 2.05) is 44.2 Å². The third-order valence-corrected chi connectivity index (χ3v) is 5.66. The quantitative estimate of drug-likeness (QED) is 0.614. The van der Waals surface area contributed by atoms with E-state index in [0.29, 0.717) is 6.42 Å². The summed E-state index contributed by atoms with van der Waals surface area (Å²) in [5.41, 5.74) is 0.846. The average molecular weight is 331 g/mol. The molecular formula is C14H19ClN2O3S. The van der Waals surface area contributed by atoms with Crippen LogP contribution in [0.1, 0.15) is 25.8 Å². The molecule has 0 radical (unpaired) electrons. The van der Waals surface area contributed by atoms with E-state index in [9.17, 15) is 13.2 Å². The zero-order valence-corrected chi connectivity index (χ0v) is 13.6. The molecule has 1 atom stereocenters. The summed E-state index contributed by atoms with van der Waals surface area (Å²) in [4.78, 5) is 12.3. The minimum absolute atomic E-state index is 0.180. The van der Waals surface area contributed by atoms with Crippen LogP contribution in [0.4, 0.5) is 0 Å². The molecule has 0 saturated carbocycles. The SMILES string of the molecule is CC(C)CC1C(=O)N(CCl)S(=O)(=O)N1Cc1ccccc1. The first-order valence-corrected chi connectivity index (χ1v) is 8.74. The van der Waals surface area contributed by atoms with E-state index < -0.39 is 22.2 Å². The van der Waals surface area contributed by atoms with Gasteiger partial charge in [0.1, 0.15) is 12.0 Å². The lowest BCUT2D eigenvalue weighted by molar-refractivity contribution is -0.127. The molecule has 0 spiro atoms. The summed E-state index contributed by atoms with van der Waals surface area (Å²) in [5.74, 6) is -0.225. The van der Waals surface area contributed by atoms with Gasteiger partial charge in [-0.15, -0.1) is 11.6 Å². The van der Waals surface area contributed by atoms with Crippen molar-refractivity contribution in [1.82, 2.24) is 8.61 Å². The molecule has 1 amide bonds. The standard InChI is InChI=1S/C14H19ClN2O3S/c1-11(2)8-13-14(18)17(10-15)21(19,20)16(13)9-12-6-4-3-5-7-12/h3-7,11,13H,8-10H2,1-2H3. The molecule has 21 heavy (non-hydrogen) atoms. The van der Waals surface area contributed by atoms with Crippen LogP contribution >= 0.6 is 11.6 Å². The van der Waals surface area contributed by atoms with E-state index in [1.54, 1.807) is 0 Å². The molecule has 1 fully saturated rings. The van der Waals surface area contributed by atoms with Gasteiger partial charge in [0.2, 0.25) is 0 Å². The summed E-state index contributed by atoms with van der Waals surface area (Å²) < 4.78 is 27.0. The Labute approximate surface area is 130 Å². The molecule has 1 aliphatic rings. The van der Waals surface area contributed by atoms with Crippen LogP contribution in [-0.2, 0) is 21.5 Å². The normalized spacial score (nSPS) is 22.2. The highest BCUT2D eigenvalue weighted by Gasteiger charge is 2.49. The second-order valence-corrected chi connectivity index (χ2v) is 7.53. The van der Waals surface area contributed by atoms with Gasteiger partial charge < -0.3 is 0 Å². The zero-order chi connectivity index (χ0) is 15.6. The van der Waals surface area contributed by atoms with Gasteiger partial charge in [0.25, 0.3) is 5.91 Å². The van der Waals surface area contributed by atoms with Crippen molar-refractivity contribution in [1.29, 1.82) is 0 Å². The van der Waals surface area contributed by atoms with Gasteiger partial charge >= 0.3 is 10.2 Å². The number of alkyl halides is 1. The number of rotatable bonds is 5. The lowest BCUT2D eigenvalue weighted by Gasteiger charge is -2.21. The summed E-state index contributed by atoms with van der Waals surface area (Å²) >= 11 is 5.66. The van der Waals surface area contributed by atoms with Crippen LogP contribution in [0, 0.1) is 5.92 Å². The van der Waals surface area contributed by atoms with E-state index in [1.165, 1.54) is 4.31 Å². The highest BCUT2D eigenvalue weighted by molar-refractivity contribution is 7.87. The summed E-state index contributed by atoms with van der Waals surface area (Å²) in [6, 6.07) is 8.22. The number of hydrogen-bond acceptors (Lipinski definition) is 3. The van der Waals surface area contributed by atoms with Crippen LogP contribution in [0.5, 0.6) is 0 Å². The first-order chi connectivity index (χ1) is 9.87. The molecule has 0 aliphatic carbocycles. The Morgan fingerprint density at radius 2 is 1.86 bits per heavy atom. The molecule has 1 unspecified atom stereocenters. The maximum Gasteiger partial charge on any atom is 0.308 e. The fourth-order valence-electron chi connectivity index (χ4n) is 2.43. The van der Waals surface area contributed by atoms with Crippen LogP contribution in [0.25, 0.3) is 0 Å². The molecule has 2 rings (SSSR count). The number of carbonyl (C=O) groups is 1. The molecular weight excluding hydrogens is 312 g/mol. The lowest BCUT2D eigenvalue weighted by Crippen LogP contribution is -2.36. The van der Waals surface area contributed by atoms with Gasteiger partial charge in [0.05, 0.1) is 0 Å². The molecule has 1 saturated heterocycles. The van der Waals surface area contributed by atoms with Crippen molar-refractivity contribution in [2.45, 2.75) is 32.9 Å². The Balaban J connectivity index is 2.35. The topological polar surface area (TPSA) is 57.7 Å². The predicted molar refractivity (Wildman–Crippen MR) is 81.7 cm³/mol. The smallest absolute Gasteiger partial charge is 0.272 e. The van der Waals surface area contributed by atoms with Crippen LogP contribution in [0.15, 0.2) is 30.3 Å². The van der Waals surface area contributed by atoms with E-state index in [-0.39, 0.29) is 18.5 Å². The number of nitrogens with zero attached hydrogens (tertiary/aromatic N) is 2. The van der Waals surface area contributed by atoms with Gasteiger partial charge in [-0.1, -0.05) is 44.2 Å². The largest absolute Gasteiger partial charge is 0.308 e. The summed E-state index contributed by atoms with van der Waals surface area (Å²) in [6.45, 7) is 4.10. The Morgan fingerprint density at radius 3 is 2.38 bits per heavy atom. The van der Waals surface area contributed by atoms with Crippen molar-refractivity contribution >= 4 is 27.7 Å². The fourth-order valence-corrected chi connectivity index (χ4v) is 4.45. The second-order valence-electron chi connectivity index (χ2n) is 5.49. The minimum Gasteiger partial charge on any atom is -0.272 e. The molecule has 5 nitrogen and oxygen atoms in total. The molecule has 1 aromatic rings. The Bertz CT molecular complexity index is 604. The second kappa shape index (κ2) is 6.34. The maximum absolute atomic E-state index is 12.5. The van der Waals surface area contributed by atoms with Crippen LogP contribution in [-0.4, -0.2) is 35.0 Å². The van der Waals surface area contributed by atoms with Crippen molar-refractivity contribution < 1.29 is 13.2 Å². The molecule has 0 bridgehead atoms.